The third-order valence-electron chi connectivity index (χ3n) is 4.32. The highest BCUT2D eigenvalue weighted by molar-refractivity contribution is 7.14. The van der Waals surface area contributed by atoms with Crippen molar-refractivity contribution in [2.24, 2.45) is 0 Å². The Hall–Kier alpha value is -2.53. The fourth-order valence-corrected chi connectivity index (χ4v) is 4.07. The Labute approximate surface area is 143 Å². The number of rotatable bonds is 2. The van der Waals surface area contributed by atoms with Gasteiger partial charge in [-0.25, -0.2) is 0 Å². The molecule has 1 aliphatic rings. The molecule has 0 saturated carbocycles. The number of fused-ring (bicyclic) bond motifs is 3. The number of carbonyl (C=O) groups is 1. The van der Waals surface area contributed by atoms with Gasteiger partial charge in [-0.1, -0.05) is 17.7 Å². The predicted molar refractivity (Wildman–Crippen MR) is 95.3 cm³/mol. The molecular weight excluding hydrogens is 320 g/mol. The van der Waals surface area contributed by atoms with Crippen molar-refractivity contribution in [3.63, 3.8) is 0 Å². The molecule has 0 amide bonds. The molecule has 0 N–H and O–H groups in total. The lowest BCUT2D eigenvalue weighted by Crippen LogP contribution is -2.23. The first-order valence-electron chi connectivity index (χ1n) is 7.87. The lowest BCUT2D eigenvalue weighted by molar-refractivity contribution is 0.102. The Kier molecular flexibility index (Phi) is 3.46. The molecule has 0 aliphatic heterocycles. The Morgan fingerprint density at radius 1 is 1.17 bits per heavy atom. The van der Waals surface area contributed by atoms with Crippen LogP contribution in [0.3, 0.4) is 0 Å². The zero-order valence-electron chi connectivity index (χ0n) is 13.5. The van der Waals surface area contributed by atoms with E-state index in [-0.39, 0.29) is 11.3 Å². The van der Waals surface area contributed by atoms with Crippen LogP contribution in [0.2, 0.25) is 0 Å². The summed E-state index contributed by atoms with van der Waals surface area (Å²) in [5.74, 6) is 0.0720. The van der Waals surface area contributed by atoms with Crippen molar-refractivity contribution in [3.05, 3.63) is 67.6 Å². The topological polar surface area (TPSA) is 52.0 Å². The minimum Gasteiger partial charge on any atom is -0.294 e. The number of thiophene rings is 1. The summed E-state index contributed by atoms with van der Waals surface area (Å²) in [4.78, 5) is 26.1. The second-order valence-corrected chi connectivity index (χ2v) is 7.24. The van der Waals surface area contributed by atoms with Crippen molar-refractivity contribution in [1.82, 2.24) is 9.78 Å². The molecule has 0 saturated heterocycles. The van der Waals surface area contributed by atoms with Gasteiger partial charge in [-0.05, 0) is 50.5 Å². The van der Waals surface area contributed by atoms with E-state index in [0.29, 0.717) is 0 Å². The van der Waals surface area contributed by atoms with Crippen molar-refractivity contribution in [2.45, 2.75) is 26.7 Å². The molecule has 2 heterocycles. The van der Waals surface area contributed by atoms with Crippen LogP contribution >= 0.6 is 11.3 Å². The Balaban J connectivity index is 1.90. The van der Waals surface area contributed by atoms with Gasteiger partial charge < -0.3 is 0 Å². The first-order chi connectivity index (χ1) is 11.5. The minimum absolute atomic E-state index is 0.0720. The van der Waals surface area contributed by atoms with Gasteiger partial charge in [0.1, 0.15) is 0 Å². The van der Waals surface area contributed by atoms with E-state index in [1.54, 1.807) is 13.0 Å². The Morgan fingerprint density at radius 2 is 1.92 bits per heavy atom. The van der Waals surface area contributed by atoms with Crippen molar-refractivity contribution < 1.29 is 4.79 Å². The van der Waals surface area contributed by atoms with Crippen LogP contribution < -0.4 is 5.56 Å². The van der Waals surface area contributed by atoms with E-state index < -0.39 is 0 Å². The van der Waals surface area contributed by atoms with Crippen LogP contribution in [0.15, 0.2) is 41.2 Å². The molecule has 0 bridgehead atoms. The maximum Gasteiger partial charge on any atom is 0.271 e. The summed E-state index contributed by atoms with van der Waals surface area (Å²) in [6.45, 7) is 3.59. The van der Waals surface area contributed by atoms with Crippen molar-refractivity contribution in [2.75, 3.05) is 0 Å². The van der Waals surface area contributed by atoms with Gasteiger partial charge in [0.05, 0.1) is 16.3 Å². The molecule has 4 rings (SSSR count). The zero-order chi connectivity index (χ0) is 16.8. The SMILES string of the molecule is CC(=O)c1cc2c(s1)CCc1cc(=O)n(-c3ccc(C)cc3)nc1-2. The monoisotopic (exact) mass is 336 g/mol. The number of hydrogen-bond acceptors (Lipinski definition) is 4. The smallest absolute Gasteiger partial charge is 0.271 e. The number of nitrogens with zero attached hydrogens (tertiary/aromatic N) is 2. The molecule has 5 heteroatoms. The molecule has 0 radical (unpaired) electrons. The Morgan fingerprint density at radius 3 is 2.62 bits per heavy atom. The normalized spacial score (nSPS) is 12.6. The van der Waals surface area contributed by atoms with Gasteiger partial charge in [-0.15, -0.1) is 11.3 Å². The van der Waals surface area contributed by atoms with Crippen LogP contribution in [0.4, 0.5) is 0 Å². The standard InChI is InChI=1S/C19H16N2O2S/c1-11-3-6-14(7-4-11)21-18(23)9-13-5-8-16-15(19(13)20-21)10-17(24-16)12(2)22/h3-4,6-7,9-10H,5,8H2,1-2H3. The van der Waals surface area contributed by atoms with Gasteiger partial charge in [0, 0.05) is 16.5 Å². The van der Waals surface area contributed by atoms with E-state index in [0.717, 1.165) is 45.8 Å². The fourth-order valence-electron chi connectivity index (χ4n) is 3.02. The van der Waals surface area contributed by atoms with Gasteiger partial charge in [0.15, 0.2) is 5.78 Å². The van der Waals surface area contributed by atoms with Gasteiger partial charge in [-0.3, -0.25) is 9.59 Å². The molecule has 1 aromatic carbocycles. The van der Waals surface area contributed by atoms with E-state index in [1.165, 1.54) is 20.9 Å². The lowest BCUT2D eigenvalue weighted by atomic mass is 9.95. The number of Topliss-reactive ketones (excluding diaryl/α,β-unsaturated/α-hetero) is 1. The number of benzene rings is 1. The number of ketones is 1. The predicted octanol–water partition coefficient (Wildman–Crippen LogP) is 3.57. The van der Waals surface area contributed by atoms with E-state index in [4.69, 9.17) is 0 Å². The van der Waals surface area contributed by atoms with Crippen LogP contribution in [-0.4, -0.2) is 15.6 Å². The summed E-state index contributed by atoms with van der Waals surface area (Å²) < 4.78 is 1.44. The van der Waals surface area contributed by atoms with Crippen LogP contribution in [0.5, 0.6) is 0 Å². The number of carbonyl (C=O) groups excluding carboxylic acids is 1. The van der Waals surface area contributed by atoms with Crippen LogP contribution in [0.25, 0.3) is 16.9 Å². The summed E-state index contributed by atoms with van der Waals surface area (Å²) in [6, 6.07) is 11.3. The molecule has 0 atom stereocenters. The molecule has 24 heavy (non-hydrogen) atoms. The summed E-state index contributed by atoms with van der Waals surface area (Å²) >= 11 is 1.54. The molecule has 0 spiro atoms. The number of aryl methyl sites for hydroxylation is 3. The molecule has 2 aromatic heterocycles. The molecular formula is C19H16N2O2S. The molecule has 4 nitrogen and oxygen atoms in total. The van der Waals surface area contributed by atoms with E-state index in [1.807, 2.05) is 37.3 Å². The Bertz CT molecular complexity index is 1010. The van der Waals surface area contributed by atoms with Crippen molar-refractivity contribution in [1.29, 1.82) is 0 Å². The van der Waals surface area contributed by atoms with Crippen LogP contribution in [0, 0.1) is 6.92 Å². The number of hydrogen-bond donors (Lipinski definition) is 0. The lowest BCUT2D eigenvalue weighted by Gasteiger charge is -2.16. The highest BCUT2D eigenvalue weighted by Crippen LogP contribution is 2.37. The average Bonchev–Trinajstić information content (AvgIpc) is 3.00. The molecule has 0 fully saturated rings. The first kappa shape index (κ1) is 15.0. The van der Waals surface area contributed by atoms with E-state index in [9.17, 15) is 9.59 Å². The summed E-state index contributed by atoms with van der Waals surface area (Å²) in [5, 5.41) is 4.63. The van der Waals surface area contributed by atoms with E-state index >= 15 is 0 Å². The number of aromatic nitrogens is 2. The van der Waals surface area contributed by atoms with Gasteiger partial charge in [-0.2, -0.15) is 9.78 Å². The highest BCUT2D eigenvalue weighted by atomic mass is 32.1. The second-order valence-electron chi connectivity index (χ2n) is 6.11. The summed E-state index contributed by atoms with van der Waals surface area (Å²) in [5.41, 5.74) is 4.54. The van der Waals surface area contributed by atoms with Crippen LogP contribution in [-0.2, 0) is 12.8 Å². The van der Waals surface area contributed by atoms with Gasteiger partial charge >= 0.3 is 0 Å². The largest absolute Gasteiger partial charge is 0.294 e. The van der Waals surface area contributed by atoms with Gasteiger partial charge in [0.2, 0.25) is 0 Å². The quantitative estimate of drug-likeness (QED) is 0.672. The molecule has 0 unspecified atom stereocenters. The van der Waals surface area contributed by atoms with E-state index in [2.05, 4.69) is 5.10 Å². The summed E-state index contributed by atoms with van der Waals surface area (Å²) in [6.07, 6.45) is 1.65. The summed E-state index contributed by atoms with van der Waals surface area (Å²) in [7, 11) is 0. The maximum atomic E-state index is 12.5. The third kappa shape index (κ3) is 2.41. The van der Waals surface area contributed by atoms with Gasteiger partial charge in [0.25, 0.3) is 5.56 Å². The molecule has 120 valence electrons. The van der Waals surface area contributed by atoms with Crippen molar-refractivity contribution in [3.8, 4) is 16.9 Å². The van der Waals surface area contributed by atoms with Crippen LogP contribution in [0.1, 0.15) is 32.6 Å². The average molecular weight is 336 g/mol. The molecule has 3 aromatic rings. The minimum atomic E-state index is -0.122. The highest BCUT2D eigenvalue weighted by Gasteiger charge is 2.23. The van der Waals surface area contributed by atoms with Crippen molar-refractivity contribution >= 4 is 17.1 Å². The third-order valence-corrected chi connectivity index (χ3v) is 5.62. The fraction of sp³-hybridized carbons (Fsp3) is 0.211. The maximum absolute atomic E-state index is 12.5. The molecule has 1 aliphatic carbocycles. The first-order valence-corrected chi connectivity index (χ1v) is 8.69. The zero-order valence-corrected chi connectivity index (χ0v) is 14.3. The second kappa shape index (κ2) is 5.53.